The number of sulfonamides is 1. The number of aliphatic carboxylic acids is 1. The van der Waals surface area contributed by atoms with Gasteiger partial charge in [0, 0.05) is 18.2 Å². The van der Waals surface area contributed by atoms with Gasteiger partial charge in [-0.1, -0.05) is 35.0 Å². The van der Waals surface area contributed by atoms with Crippen LogP contribution in [0.4, 0.5) is 0 Å². The van der Waals surface area contributed by atoms with Crippen LogP contribution in [-0.4, -0.2) is 46.8 Å². The fraction of sp³-hybridized carbons (Fsp3) is 0.304. The lowest BCUT2D eigenvalue weighted by Gasteiger charge is -2.25. The van der Waals surface area contributed by atoms with Crippen molar-refractivity contribution in [3.8, 4) is 0 Å². The van der Waals surface area contributed by atoms with E-state index in [1.807, 2.05) is 19.1 Å². The number of carboxylic acid groups (broad SMARTS) is 1. The van der Waals surface area contributed by atoms with Gasteiger partial charge in [0.2, 0.25) is 10.0 Å². The number of rotatable bonds is 8. The summed E-state index contributed by atoms with van der Waals surface area (Å²) in [4.78, 5) is 22.9. The second kappa shape index (κ2) is 9.24. The standard InChI is InChI=1S/C23H24N4O5S/c1-15-5-8-19(9-6-15)33(31,32)25-21(23(29)30)12-18-13-27(26-24-18)22-4-2-3-17-11-16(14-28)7-10-20(17)22/h5-11,13-14,21-22,25H,2-4,12H2,1H3,(H,29,30)/t21-,22-/m1/s1. The van der Waals surface area contributed by atoms with Crippen molar-refractivity contribution >= 4 is 22.3 Å². The van der Waals surface area contributed by atoms with Crippen LogP contribution >= 0.6 is 0 Å². The number of carboxylic acids is 1. The monoisotopic (exact) mass is 468 g/mol. The average Bonchev–Trinajstić information content (AvgIpc) is 3.26. The molecule has 0 saturated heterocycles. The van der Waals surface area contributed by atoms with Gasteiger partial charge >= 0.3 is 5.97 Å². The van der Waals surface area contributed by atoms with Gasteiger partial charge in [-0.05, 0) is 55.5 Å². The van der Waals surface area contributed by atoms with E-state index in [4.69, 9.17) is 0 Å². The minimum Gasteiger partial charge on any atom is -0.480 e. The average molecular weight is 469 g/mol. The molecule has 1 aromatic heterocycles. The predicted molar refractivity (Wildman–Crippen MR) is 120 cm³/mol. The first kappa shape index (κ1) is 22.8. The lowest BCUT2D eigenvalue weighted by atomic mass is 9.87. The summed E-state index contributed by atoms with van der Waals surface area (Å²) in [6.45, 7) is 1.83. The third kappa shape index (κ3) is 5.01. The molecule has 1 aliphatic rings. The van der Waals surface area contributed by atoms with E-state index in [1.165, 1.54) is 12.1 Å². The smallest absolute Gasteiger partial charge is 0.322 e. The Kier molecular flexibility index (Phi) is 6.39. The van der Waals surface area contributed by atoms with Crippen LogP contribution in [0.3, 0.4) is 0 Å². The summed E-state index contributed by atoms with van der Waals surface area (Å²) >= 11 is 0. The summed E-state index contributed by atoms with van der Waals surface area (Å²) in [7, 11) is -4.02. The zero-order valence-electron chi connectivity index (χ0n) is 18.0. The number of aromatic nitrogens is 3. The van der Waals surface area contributed by atoms with E-state index >= 15 is 0 Å². The van der Waals surface area contributed by atoms with Gasteiger partial charge in [0.1, 0.15) is 12.3 Å². The number of nitrogens with zero attached hydrogens (tertiary/aromatic N) is 3. The third-order valence-corrected chi connectivity index (χ3v) is 7.29. The van der Waals surface area contributed by atoms with Gasteiger partial charge in [0.15, 0.2) is 0 Å². The highest BCUT2D eigenvalue weighted by Crippen LogP contribution is 2.32. The Bertz CT molecular complexity index is 1280. The number of fused-ring (bicyclic) bond motifs is 1. The molecule has 3 aromatic rings. The number of benzene rings is 2. The summed E-state index contributed by atoms with van der Waals surface area (Å²) < 4.78 is 29.2. The van der Waals surface area contributed by atoms with E-state index in [0.717, 1.165) is 42.2 Å². The van der Waals surface area contributed by atoms with Gasteiger partial charge in [-0.2, -0.15) is 4.72 Å². The first-order valence-corrected chi connectivity index (χ1v) is 12.1. The van der Waals surface area contributed by atoms with Crippen LogP contribution in [0.2, 0.25) is 0 Å². The number of hydrogen-bond acceptors (Lipinski definition) is 6. The number of carbonyl (C=O) groups excluding carboxylic acids is 1. The van der Waals surface area contributed by atoms with Gasteiger partial charge in [-0.25, -0.2) is 13.1 Å². The number of hydrogen-bond donors (Lipinski definition) is 2. The molecule has 0 radical (unpaired) electrons. The zero-order chi connectivity index (χ0) is 23.6. The van der Waals surface area contributed by atoms with Crippen molar-refractivity contribution in [2.24, 2.45) is 0 Å². The molecule has 0 amide bonds. The third-order valence-electron chi connectivity index (χ3n) is 5.80. The van der Waals surface area contributed by atoms with Gasteiger partial charge in [0.25, 0.3) is 0 Å². The molecule has 2 aromatic carbocycles. The molecule has 0 aliphatic heterocycles. The fourth-order valence-corrected chi connectivity index (χ4v) is 5.27. The maximum absolute atomic E-state index is 12.7. The largest absolute Gasteiger partial charge is 0.480 e. The number of aryl methyl sites for hydroxylation is 2. The Hall–Kier alpha value is -3.37. The number of aldehydes is 1. The maximum atomic E-state index is 12.7. The summed E-state index contributed by atoms with van der Waals surface area (Å²) in [5.41, 5.74) is 4.02. The zero-order valence-corrected chi connectivity index (χ0v) is 18.8. The molecule has 33 heavy (non-hydrogen) atoms. The van der Waals surface area contributed by atoms with Crippen LogP contribution < -0.4 is 4.72 Å². The molecule has 4 rings (SSSR count). The molecule has 2 N–H and O–H groups in total. The summed E-state index contributed by atoms with van der Waals surface area (Å²) in [5.74, 6) is -1.30. The van der Waals surface area contributed by atoms with Gasteiger partial charge in [-0.15, -0.1) is 5.10 Å². The SMILES string of the molecule is Cc1ccc(S(=O)(=O)N[C@H](Cc2cn([C@@H]3CCCc4cc(C=O)ccc43)nn2)C(=O)O)cc1. The highest BCUT2D eigenvalue weighted by molar-refractivity contribution is 7.89. The molecule has 0 bridgehead atoms. The molecule has 10 heteroatoms. The molecule has 9 nitrogen and oxygen atoms in total. The van der Waals surface area contributed by atoms with Crippen LogP contribution in [0.25, 0.3) is 0 Å². The Morgan fingerprint density at radius 1 is 1.27 bits per heavy atom. The van der Waals surface area contributed by atoms with Crippen LogP contribution in [0.15, 0.2) is 53.6 Å². The minimum atomic E-state index is -4.02. The normalized spacial score (nSPS) is 16.7. The maximum Gasteiger partial charge on any atom is 0.322 e. The van der Waals surface area contributed by atoms with Gasteiger partial charge in [0.05, 0.1) is 16.6 Å². The van der Waals surface area contributed by atoms with Crippen LogP contribution in [0.5, 0.6) is 0 Å². The molecule has 0 fully saturated rings. The second-order valence-electron chi connectivity index (χ2n) is 8.20. The molecular formula is C23H24N4O5S. The van der Waals surface area contributed by atoms with Gasteiger partial charge < -0.3 is 5.11 Å². The van der Waals surface area contributed by atoms with Crippen molar-refractivity contribution in [1.29, 1.82) is 0 Å². The minimum absolute atomic E-state index is 0.00323. The molecule has 2 atom stereocenters. The van der Waals surface area contributed by atoms with E-state index in [-0.39, 0.29) is 17.4 Å². The highest BCUT2D eigenvalue weighted by Gasteiger charge is 2.28. The Labute approximate surface area is 191 Å². The van der Waals surface area contributed by atoms with Crippen LogP contribution in [0, 0.1) is 6.92 Å². The quantitative estimate of drug-likeness (QED) is 0.485. The van der Waals surface area contributed by atoms with Crippen LogP contribution in [-0.2, 0) is 27.7 Å². The van der Waals surface area contributed by atoms with Gasteiger partial charge in [-0.3, -0.25) is 9.59 Å². The summed E-state index contributed by atoms with van der Waals surface area (Å²) in [5, 5.41) is 17.9. The van der Waals surface area contributed by atoms with Crippen molar-refractivity contribution < 1.29 is 23.1 Å². The Balaban J connectivity index is 1.53. The molecule has 172 valence electrons. The molecule has 0 unspecified atom stereocenters. The fourth-order valence-electron chi connectivity index (χ4n) is 4.08. The molecule has 0 spiro atoms. The predicted octanol–water partition coefficient (Wildman–Crippen LogP) is 2.30. The van der Waals surface area contributed by atoms with Crippen molar-refractivity contribution in [2.45, 2.75) is 49.6 Å². The van der Waals surface area contributed by atoms with Crippen molar-refractivity contribution in [1.82, 2.24) is 19.7 Å². The first-order chi connectivity index (χ1) is 15.8. The second-order valence-corrected chi connectivity index (χ2v) is 9.92. The Morgan fingerprint density at radius 2 is 2.03 bits per heavy atom. The van der Waals surface area contributed by atoms with E-state index in [2.05, 4.69) is 15.0 Å². The van der Waals surface area contributed by atoms with Crippen molar-refractivity contribution in [3.05, 3.63) is 76.6 Å². The Morgan fingerprint density at radius 3 is 2.73 bits per heavy atom. The van der Waals surface area contributed by atoms with E-state index in [1.54, 1.807) is 29.1 Å². The molecule has 0 saturated carbocycles. The number of nitrogens with one attached hydrogen (secondary N) is 1. The lowest BCUT2D eigenvalue weighted by Crippen LogP contribution is -2.42. The van der Waals surface area contributed by atoms with E-state index in [0.29, 0.717) is 11.3 Å². The van der Waals surface area contributed by atoms with Crippen LogP contribution in [0.1, 0.15) is 51.6 Å². The molecule has 1 heterocycles. The highest BCUT2D eigenvalue weighted by atomic mass is 32.2. The first-order valence-electron chi connectivity index (χ1n) is 10.6. The molecule has 1 aliphatic carbocycles. The van der Waals surface area contributed by atoms with Crippen molar-refractivity contribution in [2.75, 3.05) is 0 Å². The lowest BCUT2D eigenvalue weighted by molar-refractivity contribution is -0.138. The summed E-state index contributed by atoms with van der Waals surface area (Å²) in [6.07, 6.45) is 4.95. The summed E-state index contributed by atoms with van der Waals surface area (Å²) in [6, 6.07) is 10.3. The molecular weight excluding hydrogens is 444 g/mol. The van der Waals surface area contributed by atoms with E-state index < -0.39 is 22.0 Å². The van der Waals surface area contributed by atoms with Crippen molar-refractivity contribution in [3.63, 3.8) is 0 Å². The topological polar surface area (TPSA) is 131 Å². The van der Waals surface area contributed by atoms with E-state index in [9.17, 15) is 23.1 Å². The number of carbonyl (C=O) groups is 2.